The lowest BCUT2D eigenvalue weighted by Gasteiger charge is -2.38. The highest BCUT2D eigenvalue weighted by atomic mass is 28.4. The van der Waals surface area contributed by atoms with Crippen LogP contribution >= 0.6 is 0 Å². The zero-order valence-electron chi connectivity index (χ0n) is 20.3. The van der Waals surface area contributed by atoms with E-state index in [1.807, 2.05) is 43.4 Å². The molecule has 0 fully saturated rings. The van der Waals surface area contributed by atoms with Crippen LogP contribution in [0.1, 0.15) is 70.7 Å². The van der Waals surface area contributed by atoms with Crippen LogP contribution in [0.2, 0.25) is 18.1 Å². The number of amides is 1. The van der Waals surface area contributed by atoms with Crippen LogP contribution in [0.4, 0.5) is 4.79 Å². The van der Waals surface area contributed by atoms with Crippen LogP contribution in [-0.4, -0.2) is 49.5 Å². The van der Waals surface area contributed by atoms with Crippen molar-refractivity contribution in [2.45, 2.75) is 84.2 Å². The lowest BCUT2D eigenvalue weighted by molar-refractivity contribution is 0.0125. The molecule has 0 bridgehead atoms. The summed E-state index contributed by atoms with van der Waals surface area (Å²) in [6, 6.07) is 5.89. The average Bonchev–Trinajstić information content (AvgIpc) is 3.05. The van der Waals surface area contributed by atoms with Crippen molar-refractivity contribution in [2.24, 2.45) is 5.10 Å². The van der Waals surface area contributed by atoms with Crippen LogP contribution in [-0.2, 0) is 15.6 Å². The number of hydrogen-bond acceptors (Lipinski definition) is 6. The van der Waals surface area contributed by atoms with Gasteiger partial charge in [-0.3, -0.25) is 10.1 Å². The molecule has 1 aromatic carbocycles. The molecule has 31 heavy (non-hydrogen) atoms. The van der Waals surface area contributed by atoms with E-state index in [1.165, 1.54) is 0 Å². The smallest absolute Gasteiger partial charge is 0.410 e. The largest absolute Gasteiger partial charge is 0.444 e. The van der Waals surface area contributed by atoms with Crippen molar-refractivity contribution in [2.75, 3.05) is 13.2 Å². The van der Waals surface area contributed by atoms with Crippen molar-refractivity contribution >= 4 is 20.6 Å². The topological polar surface area (TPSA) is 83.4 Å². The van der Waals surface area contributed by atoms with Gasteiger partial charge in [0.05, 0.1) is 18.9 Å². The Bertz CT molecular complexity index is 797. The molecule has 0 radical (unpaired) electrons. The lowest BCUT2D eigenvalue weighted by atomic mass is 10.0. The van der Waals surface area contributed by atoms with E-state index in [4.69, 9.17) is 14.4 Å². The van der Waals surface area contributed by atoms with E-state index in [-0.39, 0.29) is 17.2 Å². The maximum atomic E-state index is 13.2. The molecule has 2 N–H and O–H groups in total. The third kappa shape index (κ3) is 6.54. The summed E-state index contributed by atoms with van der Waals surface area (Å²) in [6.45, 7) is 17.7. The number of hydrogen-bond donors (Lipinski definition) is 2. The first kappa shape index (κ1) is 25.4. The Hall–Kier alpha value is -1.90. The van der Waals surface area contributed by atoms with Gasteiger partial charge in [-0.2, -0.15) is 10.7 Å². The maximum absolute atomic E-state index is 13.2. The molecule has 0 saturated heterocycles. The third-order valence-corrected chi connectivity index (χ3v) is 10.7. The number of rotatable bonds is 7. The van der Waals surface area contributed by atoms with Gasteiger partial charge in [0.2, 0.25) is 0 Å². The summed E-state index contributed by atoms with van der Waals surface area (Å²) < 4.78 is 12.1. The third-order valence-electron chi connectivity index (χ3n) is 6.14. The number of carbonyl (C=O) groups excluding carboxylic acids is 1. The average molecular weight is 450 g/mol. The molecule has 0 aromatic heterocycles. The van der Waals surface area contributed by atoms with Gasteiger partial charge in [0.15, 0.2) is 8.32 Å². The zero-order chi connectivity index (χ0) is 23.4. The molecule has 0 heterocycles. The molecule has 1 amide bonds. The van der Waals surface area contributed by atoms with E-state index in [9.17, 15) is 4.79 Å². The summed E-state index contributed by atoms with van der Waals surface area (Å²) in [5.74, 6) is 0. The summed E-state index contributed by atoms with van der Waals surface area (Å²) in [4.78, 5) is 15.0. The van der Waals surface area contributed by atoms with Gasteiger partial charge in [0.1, 0.15) is 5.60 Å². The number of nitrogens with zero attached hydrogens (tertiary/aromatic N) is 2. The molecule has 0 unspecified atom stereocenters. The highest BCUT2D eigenvalue weighted by Gasteiger charge is 2.38. The number of hydrazone groups is 1. The number of carbonyl (C=O) groups is 1. The molecule has 8 heteroatoms. The van der Waals surface area contributed by atoms with Crippen molar-refractivity contribution in [3.8, 4) is 0 Å². The van der Waals surface area contributed by atoms with Crippen LogP contribution in [0.15, 0.2) is 23.3 Å². The van der Waals surface area contributed by atoms with Crippen molar-refractivity contribution in [1.29, 1.82) is 0 Å². The van der Waals surface area contributed by atoms with E-state index in [0.717, 1.165) is 29.5 Å². The Morgan fingerprint density at radius 1 is 1.29 bits per heavy atom. The summed E-state index contributed by atoms with van der Waals surface area (Å²) in [5.41, 5.74) is 4.42. The number of ether oxygens (including phenoxy) is 1. The fraction of sp³-hybridized carbons (Fsp3) is 0.652. The zero-order valence-corrected chi connectivity index (χ0v) is 21.3. The molecule has 1 aromatic rings. The highest BCUT2D eigenvalue weighted by Crippen LogP contribution is 2.39. The van der Waals surface area contributed by atoms with Crippen LogP contribution < -0.4 is 5.59 Å². The first-order chi connectivity index (χ1) is 14.3. The van der Waals surface area contributed by atoms with Gasteiger partial charge in [-0.05, 0) is 68.4 Å². The Balaban J connectivity index is 2.27. The summed E-state index contributed by atoms with van der Waals surface area (Å²) in [5, 5.41) is 12.6. The Morgan fingerprint density at radius 3 is 2.55 bits per heavy atom. The first-order valence-electron chi connectivity index (χ1n) is 10.9. The molecule has 174 valence electrons. The van der Waals surface area contributed by atoms with Crippen molar-refractivity contribution in [3.63, 3.8) is 0 Å². The predicted molar refractivity (Wildman–Crippen MR) is 126 cm³/mol. The van der Waals surface area contributed by atoms with E-state index in [2.05, 4.69) is 45.0 Å². The molecule has 1 aliphatic rings. The van der Waals surface area contributed by atoms with E-state index in [1.54, 1.807) is 6.21 Å². The SMILES string of the molecule is CC(C)(C)OC(=O)N(CCO[Si](C)(C)C(C)(C)C)[C@H]1CCc2c(/C=N\NO)cccc21. The Labute approximate surface area is 187 Å². The molecule has 0 aliphatic heterocycles. The molecule has 0 saturated carbocycles. The minimum Gasteiger partial charge on any atom is -0.444 e. The second-order valence-corrected chi connectivity index (χ2v) is 15.4. The van der Waals surface area contributed by atoms with Crippen molar-refractivity contribution in [1.82, 2.24) is 10.5 Å². The van der Waals surface area contributed by atoms with Crippen molar-refractivity contribution < 1.29 is 19.2 Å². The normalized spacial score (nSPS) is 17.0. The molecular weight excluding hydrogens is 410 g/mol. The molecule has 2 rings (SSSR count). The lowest BCUT2D eigenvalue weighted by Crippen LogP contribution is -2.45. The maximum Gasteiger partial charge on any atom is 0.410 e. The second-order valence-electron chi connectivity index (χ2n) is 10.6. The number of fused-ring (bicyclic) bond motifs is 1. The Kier molecular flexibility index (Phi) is 7.94. The molecule has 1 aliphatic carbocycles. The Morgan fingerprint density at radius 2 is 1.97 bits per heavy atom. The van der Waals surface area contributed by atoms with Gasteiger partial charge in [-0.25, -0.2) is 4.79 Å². The first-order valence-corrected chi connectivity index (χ1v) is 13.9. The molecule has 0 spiro atoms. The van der Waals surface area contributed by atoms with Crippen LogP contribution in [0, 0.1) is 0 Å². The van der Waals surface area contributed by atoms with Crippen molar-refractivity contribution in [3.05, 3.63) is 34.9 Å². The van der Waals surface area contributed by atoms with Crippen LogP contribution in [0.25, 0.3) is 0 Å². The summed E-state index contributed by atoms with van der Waals surface area (Å²) in [7, 11) is -1.92. The van der Waals surface area contributed by atoms with Gasteiger partial charge in [-0.15, -0.1) is 0 Å². The van der Waals surface area contributed by atoms with Crippen LogP contribution in [0.3, 0.4) is 0 Å². The van der Waals surface area contributed by atoms with Gasteiger partial charge in [0.25, 0.3) is 0 Å². The minimum absolute atomic E-state index is 0.0803. The predicted octanol–water partition coefficient (Wildman–Crippen LogP) is 5.25. The van der Waals surface area contributed by atoms with Gasteiger partial charge < -0.3 is 9.16 Å². The number of benzene rings is 1. The van der Waals surface area contributed by atoms with E-state index < -0.39 is 13.9 Å². The monoisotopic (exact) mass is 449 g/mol. The fourth-order valence-corrected chi connectivity index (χ4v) is 4.55. The minimum atomic E-state index is -1.92. The standard InChI is InChI=1S/C23H39N3O4Si/c1-22(2,3)30-21(27)26(14-15-29-31(7,8)23(4,5)6)20-13-12-18-17(16-24-25-28)10-9-11-19(18)20/h9-11,16,20,25,28H,12-15H2,1-8H3/b24-16-/t20-/m0/s1. The van der Waals surface area contributed by atoms with Gasteiger partial charge in [0, 0.05) is 6.54 Å². The fourth-order valence-electron chi connectivity index (χ4n) is 3.51. The quantitative estimate of drug-likeness (QED) is 0.338. The van der Waals surface area contributed by atoms with E-state index in [0.29, 0.717) is 13.2 Å². The van der Waals surface area contributed by atoms with Gasteiger partial charge in [-0.1, -0.05) is 39.0 Å². The second kappa shape index (κ2) is 9.71. The molecule has 7 nitrogen and oxygen atoms in total. The number of nitrogens with one attached hydrogen (secondary N) is 1. The van der Waals surface area contributed by atoms with Gasteiger partial charge >= 0.3 is 6.09 Å². The highest BCUT2D eigenvalue weighted by molar-refractivity contribution is 6.74. The molecular formula is C23H39N3O4Si. The van der Waals surface area contributed by atoms with Crippen LogP contribution in [0.5, 0.6) is 0 Å². The summed E-state index contributed by atoms with van der Waals surface area (Å²) in [6.07, 6.45) is 2.92. The summed E-state index contributed by atoms with van der Waals surface area (Å²) >= 11 is 0. The van der Waals surface area contributed by atoms with E-state index >= 15 is 0 Å². The molecule has 1 atom stereocenters.